The van der Waals surface area contributed by atoms with Crippen LogP contribution in [0.4, 0.5) is 5.69 Å². The third-order valence-electron chi connectivity index (χ3n) is 4.51. The number of Topliss-reactive ketones (excluding diaryl/α,β-unsaturated/α-hetero) is 1. The summed E-state index contributed by atoms with van der Waals surface area (Å²) in [5.41, 5.74) is 2.64. The van der Waals surface area contributed by atoms with E-state index in [0.717, 1.165) is 12.1 Å². The highest BCUT2D eigenvalue weighted by Gasteiger charge is 2.36. The first-order valence-corrected chi connectivity index (χ1v) is 7.69. The van der Waals surface area contributed by atoms with Crippen LogP contribution in [0.25, 0.3) is 0 Å². The standard InChI is InChI=1S/C19H21NO2/c1-19(2,3)14-8-6-7-13(11-14)12-20-16-10-5-4-9-15(16)17(21)18(20)22/h4-10,14H,11-12H2,1-3H3. The molecule has 0 spiro atoms. The van der Waals surface area contributed by atoms with Gasteiger partial charge < -0.3 is 4.90 Å². The first-order valence-electron chi connectivity index (χ1n) is 7.69. The van der Waals surface area contributed by atoms with Gasteiger partial charge in [0, 0.05) is 6.54 Å². The van der Waals surface area contributed by atoms with E-state index in [4.69, 9.17) is 0 Å². The zero-order valence-corrected chi connectivity index (χ0v) is 13.3. The van der Waals surface area contributed by atoms with Crippen LogP contribution in [-0.4, -0.2) is 18.2 Å². The van der Waals surface area contributed by atoms with Crippen LogP contribution in [0.15, 0.2) is 48.1 Å². The Bertz CT molecular complexity index is 692. The first-order chi connectivity index (χ1) is 10.4. The number of ketones is 1. The number of rotatable bonds is 2. The Morgan fingerprint density at radius 2 is 1.91 bits per heavy atom. The molecule has 0 saturated heterocycles. The molecule has 1 amide bonds. The third-order valence-corrected chi connectivity index (χ3v) is 4.51. The summed E-state index contributed by atoms with van der Waals surface area (Å²) < 4.78 is 0. The van der Waals surface area contributed by atoms with E-state index in [2.05, 4.69) is 39.0 Å². The molecule has 1 atom stereocenters. The number of fused-ring (bicyclic) bond motifs is 1. The molecule has 3 rings (SSSR count). The van der Waals surface area contributed by atoms with Crippen LogP contribution >= 0.6 is 0 Å². The van der Waals surface area contributed by atoms with Crippen molar-refractivity contribution in [3.8, 4) is 0 Å². The number of amides is 1. The van der Waals surface area contributed by atoms with E-state index in [-0.39, 0.29) is 5.41 Å². The lowest BCUT2D eigenvalue weighted by molar-refractivity contribution is -0.114. The smallest absolute Gasteiger partial charge is 0.299 e. The number of para-hydroxylation sites is 1. The van der Waals surface area contributed by atoms with Gasteiger partial charge in [0.2, 0.25) is 0 Å². The number of allylic oxidation sites excluding steroid dienone is 3. The number of carbonyl (C=O) groups excluding carboxylic acids is 2. The van der Waals surface area contributed by atoms with E-state index in [0.29, 0.717) is 18.0 Å². The topological polar surface area (TPSA) is 37.4 Å². The van der Waals surface area contributed by atoms with Crippen LogP contribution < -0.4 is 4.90 Å². The largest absolute Gasteiger partial charge is 0.301 e. The molecule has 2 aliphatic rings. The van der Waals surface area contributed by atoms with Crippen LogP contribution in [0, 0.1) is 11.3 Å². The Kier molecular flexibility index (Phi) is 3.51. The highest BCUT2D eigenvalue weighted by molar-refractivity contribution is 6.52. The molecule has 0 bridgehead atoms. The Labute approximate surface area is 131 Å². The van der Waals surface area contributed by atoms with Crippen molar-refractivity contribution in [1.29, 1.82) is 0 Å². The Balaban J connectivity index is 1.83. The zero-order valence-electron chi connectivity index (χ0n) is 13.3. The molecule has 22 heavy (non-hydrogen) atoms. The summed E-state index contributed by atoms with van der Waals surface area (Å²) in [6, 6.07) is 7.23. The van der Waals surface area contributed by atoms with E-state index in [1.165, 1.54) is 5.57 Å². The minimum absolute atomic E-state index is 0.193. The van der Waals surface area contributed by atoms with Crippen molar-refractivity contribution in [3.05, 3.63) is 53.6 Å². The quantitative estimate of drug-likeness (QED) is 0.779. The van der Waals surface area contributed by atoms with E-state index in [1.807, 2.05) is 12.1 Å². The van der Waals surface area contributed by atoms with Gasteiger partial charge in [-0.2, -0.15) is 0 Å². The van der Waals surface area contributed by atoms with E-state index in [1.54, 1.807) is 17.0 Å². The van der Waals surface area contributed by atoms with E-state index < -0.39 is 11.7 Å². The van der Waals surface area contributed by atoms with Crippen LogP contribution in [0.2, 0.25) is 0 Å². The van der Waals surface area contributed by atoms with E-state index >= 15 is 0 Å². The van der Waals surface area contributed by atoms with Gasteiger partial charge in [0.15, 0.2) is 0 Å². The second kappa shape index (κ2) is 5.24. The lowest BCUT2D eigenvalue weighted by Gasteiger charge is -2.32. The third kappa shape index (κ3) is 2.52. The molecule has 1 aromatic rings. The van der Waals surface area contributed by atoms with Gasteiger partial charge in [-0.05, 0) is 35.5 Å². The van der Waals surface area contributed by atoms with Gasteiger partial charge in [-0.15, -0.1) is 0 Å². The summed E-state index contributed by atoms with van der Waals surface area (Å²) in [5.74, 6) is -0.352. The van der Waals surface area contributed by atoms with E-state index in [9.17, 15) is 9.59 Å². The van der Waals surface area contributed by atoms with Crippen molar-refractivity contribution >= 4 is 17.4 Å². The highest BCUT2D eigenvalue weighted by atomic mass is 16.2. The molecular weight excluding hydrogens is 274 g/mol. The normalized spacial score (nSPS) is 21.1. The molecule has 0 N–H and O–H groups in total. The van der Waals surface area contributed by atoms with Crippen molar-refractivity contribution < 1.29 is 9.59 Å². The maximum absolute atomic E-state index is 12.2. The SMILES string of the molecule is CC(C)(C)C1C=CC=C(CN2C(=O)C(=O)c3ccccc32)C1. The van der Waals surface area contributed by atoms with Crippen molar-refractivity contribution in [2.24, 2.45) is 11.3 Å². The molecule has 0 saturated carbocycles. The molecule has 1 aromatic carbocycles. The Morgan fingerprint density at radius 1 is 1.18 bits per heavy atom. The maximum Gasteiger partial charge on any atom is 0.299 e. The molecule has 3 heteroatoms. The van der Waals surface area contributed by atoms with Gasteiger partial charge in [0.1, 0.15) is 0 Å². The monoisotopic (exact) mass is 295 g/mol. The highest BCUT2D eigenvalue weighted by Crippen LogP contribution is 2.36. The molecule has 1 unspecified atom stereocenters. The second-order valence-electron chi connectivity index (χ2n) is 7.12. The predicted molar refractivity (Wildman–Crippen MR) is 87.9 cm³/mol. The summed E-state index contributed by atoms with van der Waals surface area (Å²) in [7, 11) is 0. The van der Waals surface area contributed by atoms with Gasteiger partial charge >= 0.3 is 0 Å². The fraction of sp³-hybridized carbons (Fsp3) is 0.368. The van der Waals surface area contributed by atoms with Gasteiger partial charge in [-0.3, -0.25) is 9.59 Å². The fourth-order valence-electron chi connectivity index (χ4n) is 3.06. The Hall–Kier alpha value is -2.16. The Morgan fingerprint density at radius 3 is 2.64 bits per heavy atom. The lowest BCUT2D eigenvalue weighted by Crippen LogP contribution is -2.33. The molecule has 1 aliphatic heterocycles. The molecule has 0 fully saturated rings. The average Bonchev–Trinajstić information content (AvgIpc) is 2.72. The number of nitrogens with zero attached hydrogens (tertiary/aromatic N) is 1. The fourth-order valence-corrected chi connectivity index (χ4v) is 3.06. The first kappa shape index (κ1) is 14.8. The molecule has 0 aromatic heterocycles. The van der Waals surface area contributed by atoms with Crippen molar-refractivity contribution in [2.45, 2.75) is 27.2 Å². The molecule has 0 radical (unpaired) electrons. The van der Waals surface area contributed by atoms with Crippen LogP contribution in [0.3, 0.4) is 0 Å². The van der Waals surface area contributed by atoms with Crippen molar-refractivity contribution in [3.63, 3.8) is 0 Å². The summed E-state index contributed by atoms with van der Waals surface area (Å²) in [6.45, 7) is 7.18. The minimum Gasteiger partial charge on any atom is -0.301 e. The van der Waals surface area contributed by atoms with Gasteiger partial charge in [0.25, 0.3) is 11.7 Å². The summed E-state index contributed by atoms with van der Waals surface area (Å²) >= 11 is 0. The van der Waals surface area contributed by atoms with Crippen molar-refractivity contribution in [1.82, 2.24) is 0 Å². The molecule has 1 heterocycles. The molecule has 114 valence electrons. The molecule has 1 aliphatic carbocycles. The summed E-state index contributed by atoms with van der Waals surface area (Å²) in [4.78, 5) is 25.9. The van der Waals surface area contributed by atoms with Crippen LogP contribution in [-0.2, 0) is 4.79 Å². The molecule has 3 nitrogen and oxygen atoms in total. The van der Waals surface area contributed by atoms with Gasteiger partial charge in [-0.25, -0.2) is 0 Å². The maximum atomic E-state index is 12.2. The second-order valence-corrected chi connectivity index (χ2v) is 7.12. The number of anilines is 1. The number of benzene rings is 1. The van der Waals surface area contributed by atoms with Crippen LogP contribution in [0.1, 0.15) is 37.6 Å². The minimum atomic E-state index is -0.413. The summed E-state index contributed by atoms with van der Waals surface area (Å²) in [5, 5.41) is 0. The molecular formula is C19H21NO2. The lowest BCUT2D eigenvalue weighted by atomic mass is 9.75. The average molecular weight is 295 g/mol. The number of hydrogen-bond donors (Lipinski definition) is 0. The van der Waals surface area contributed by atoms with Crippen LogP contribution in [0.5, 0.6) is 0 Å². The van der Waals surface area contributed by atoms with Gasteiger partial charge in [0.05, 0.1) is 11.3 Å². The van der Waals surface area contributed by atoms with Crippen molar-refractivity contribution in [2.75, 3.05) is 11.4 Å². The number of hydrogen-bond acceptors (Lipinski definition) is 2. The zero-order chi connectivity index (χ0) is 15.9. The number of carbonyl (C=O) groups is 2. The van der Waals surface area contributed by atoms with Gasteiger partial charge in [-0.1, -0.05) is 51.1 Å². The predicted octanol–water partition coefficient (Wildman–Crippen LogP) is 3.76. The summed E-state index contributed by atoms with van der Waals surface area (Å²) in [6.07, 6.45) is 7.30.